The fourth-order valence-corrected chi connectivity index (χ4v) is 1.92. The third kappa shape index (κ3) is 1.81. The van der Waals surface area contributed by atoms with Crippen molar-refractivity contribution in [2.75, 3.05) is 19.5 Å². The maximum atomic E-state index is 5.62. The Balaban J connectivity index is 2.06. The Morgan fingerprint density at radius 3 is 3.00 bits per heavy atom. The molecule has 0 fully saturated rings. The average Bonchev–Trinajstić information content (AvgIpc) is 2.85. The first-order valence-corrected chi connectivity index (χ1v) is 5.58. The van der Waals surface area contributed by atoms with E-state index in [1.807, 2.05) is 18.2 Å². The molecule has 3 rings (SSSR count). The molecule has 0 radical (unpaired) electrons. The van der Waals surface area contributed by atoms with Gasteiger partial charge in [0.1, 0.15) is 5.75 Å². The molecular formula is C12H12N4O2. The number of aromatic nitrogens is 3. The van der Waals surface area contributed by atoms with E-state index in [1.54, 1.807) is 0 Å². The second kappa shape index (κ2) is 4.14. The van der Waals surface area contributed by atoms with Gasteiger partial charge in [-0.25, -0.2) is 0 Å². The number of rotatable bonds is 2. The molecule has 0 aliphatic carbocycles. The van der Waals surface area contributed by atoms with Crippen molar-refractivity contribution >= 4 is 5.95 Å². The van der Waals surface area contributed by atoms with E-state index in [1.165, 1.54) is 7.11 Å². The van der Waals surface area contributed by atoms with E-state index in [0.29, 0.717) is 5.82 Å². The summed E-state index contributed by atoms with van der Waals surface area (Å²) in [6.45, 7) is 0.724. The molecule has 1 aliphatic rings. The number of benzene rings is 1. The fraction of sp³-hybridized carbons (Fsp3) is 0.250. The highest BCUT2D eigenvalue weighted by Gasteiger charge is 2.14. The molecule has 1 aliphatic heterocycles. The molecule has 2 N–H and O–H groups in total. The molecule has 0 amide bonds. The first kappa shape index (κ1) is 10.8. The fourth-order valence-electron chi connectivity index (χ4n) is 1.92. The van der Waals surface area contributed by atoms with E-state index >= 15 is 0 Å². The molecule has 1 aromatic heterocycles. The minimum absolute atomic E-state index is 0.147. The summed E-state index contributed by atoms with van der Waals surface area (Å²) in [5.74, 6) is 1.58. The molecule has 0 spiro atoms. The topological polar surface area (TPSA) is 83.2 Å². The predicted octanol–water partition coefficient (Wildman–Crippen LogP) is 1.06. The Labute approximate surface area is 104 Å². The number of methoxy groups -OCH3 is 1. The third-order valence-electron chi connectivity index (χ3n) is 2.76. The van der Waals surface area contributed by atoms with Crippen LogP contribution in [0.1, 0.15) is 5.56 Å². The lowest BCUT2D eigenvalue weighted by Crippen LogP contribution is -2.02. The summed E-state index contributed by atoms with van der Waals surface area (Å²) in [6.07, 6.45) is 0.904. The van der Waals surface area contributed by atoms with Crippen LogP contribution < -0.4 is 15.2 Å². The number of anilines is 1. The van der Waals surface area contributed by atoms with Crippen LogP contribution in [0.25, 0.3) is 11.4 Å². The Hall–Kier alpha value is -2.37. The van der Waals surface area contributed by atoms with Gasteiger partial charge in [-0.2, -0.15) is 15.0 Å². The molecule has 0 bridgehead atoms. The summed E-state index contributed by atoms with van der Waals surface area (Å²) in [5, 5.41) is 0. The minimum Gasteiger partial charge on any atom is -0.493 e. The van der Waals surface area contributed by atoms with Crippen LogP contribution in [0.4, 0.5) is 5.95 Å². The lowest BCUT2D eigenvalue weighted by atomic mass is 10.1. The number of nitrogens with zero attached hydrogens (tertiary/aromatic N) is 3. The minimum atomic E-state index is 0.147. The van der Waals surface area contributed by atoms with Crippen LogP contribution in [0.5, 0.6) is 11.8 Å². The molecule has 0 atom stereocenters. The van der Waals surface area contributed by atoms with Crippen molar-refractivity contribution in [2.24, 2.45) is 0 Å². The second-order valence-corrected chi connectivity index (χ2v) is 3.92. The maximum absolute atomic E-state index is 5.62. The number of fused-ring (bicyclic) bond motifs is 1. The molecule has 92 valence electrons. The number of nitrogen functional groups attached to an aromatic ring is 1. The van der Waals surface area contributed by atoms with E-state index in [-0.39, 0.29) is 12.0 Å². The van der Waals surface area contributed by atoms with Crippen LogP contribution in [-0.2, 0) is 6.42 Å². The van der Waals surface area contributed by atoms with Crippen molar-refractivity contribution in [2.45, 2.75) is 6.42 Å². The van der Waals surface area contributed by atoms with Gasteiger partial charge in [-0.3, -0.25) is 0 Å². The van der Waals surface area contributed by atoms with E-state index in [0.717, 1.165) is 29.9 Å². The molecule has 0 saturated heterocycles. The third-order valence-corrected chi connectivity index (χ3v) is 2.76. The zero-order valence-corrected chi connectivity index (χ0v) is 9.88. The van der Waals surface area contributed by atoms with Crippen LogP contribution in [0.3, 0.4) is 0 Å². The Bertz CT molecular complexity index is 601. The Morgan fingerprint density at radius 2 is 2.17 bits per heavy atom. The quantitative estimate of drug-likeness (QED) is 0.850. The molecule has 18 heavy (non-hydrogen) atoms. The average molecular weight is 244 g/mol. The number of hydrogen-bond acceptors (Lipinski definition) is 6. The lowest BCUT2D eigenvalue weighted by molar-refractivity contribution is 0.357. The summed E-state index contributed by atoms with van der Waals surface area (Å²) < 4.78 is 10.4. The van der Waals surface area contributed by atoms with Crippen molar-refractivity contribution in [3.8, 4) is 23.1 Å². The van der Waals surface area contributed by atoms with Gasteiger partial charge in [0.15, 0.2) is 5.82 Å². The zero-order chi connectivity index (χ0) is 12.5. The van der Waals surface area contributed by atoms with Crippen molar-refractivity contribution < 1.29 is 9.47 Å². The van der Waals surface area contributed by atoms with Gasteiger partial charge in [-0.15, -0.1) is 0 Å². The zero-order valence-electron chi connectivity index (χ0n) is 9.88. The van der Waals surface area contributed by atoms with Crippen LogP contribution in [-0.4, -0.2) is 28.7 Å². The smallest absolute Gasteiger partial charge is 0.321 e. The van der Waals surface area contributed by atoms with E-state index in [2.05, 4.69) is 15.0 Å². The highest BCUT2D eigenvalue weighted by Crippen LogP contribution is 2.29. The molecule has 6 heteroatoms. The SMILES string of the molecule is COc1nc(N)nc(-c2ccc3c(c2)CCO3)n1. The summed E-state index contributed by atoms with van der Waals surface area (Å²) in [7, 11) is 1.50. The summed E-state index contributed by atoms with van der Waals surface area (Å²) in [4.78, 5) is 12.2. The van der Waals surface area contributed by atoms with Gasteiger partial charge in [0.05, 0.1) is 13.7 Å². The van der Waals surface area contributed by atoms with Crippen molar-refractivity contribution in [1.29, 1.82) is 0 Å². The van der Waals surface area contributed by atoms with Crippen LogP contribution in [0.2, 0.25) is 0 Å². The monoisotopic (exact) mass is 244 g/mol. The molecule has 2 heterocycles. The Morgan fingerprint density at radius 1 is 1.28 bits per heavy atom. The summed E-state index contributed by atoms with van der Waals surface area (Å²) >= 11 is 0. The van der Waals surface area contributed by atoms with Crippen molar-refractivity contribution in [3.05, 3.63) is 23.8 Å². The highest BCUT2D eigenvalue weighted by molar-refractivity contribution is 5.60. The Kier molecular flexibility index (Phi) is 2.47. The normalized spacial score (nSPS) is 12.9. The molecule has 1 aromatic carbocycles. The number of ether oxygens (including phenoxy) is 2. The maximum Gasteiger partial charge on any atom is 0.321 e. The summed E-state index contributed by atoms with van der Waals surface area (Å²) in [5.41, 5.74) is 7.66. The molecule has 2 aromatic rings. The van der Waals surface area contributed by atoms with Crippen LogP contribution in [0.15, 0.2) is 18.2 Å². The van der Waals surface area contributed by atoms with E-state index in [4.69, 9.17) is 15.2 Å². The molecule has 0 unspecified atom stereocenters. The first-order valence-electron chi connectivity index (χ1n) is 5.58. The standard InChI is InChI=1S/C12H12N4O2/c1-17-12-15-10(14-11(13)16-12)8-2-3-9-7(6-8)4-5-18-9/h2-3,6H,4-5H2,1H3,(H2,13,14,15,16). The molecular weight excluding hydrogens is 232 g/mol. The van der Waals surface area contributed by atoms with E-state index in [9.17, 15) is 0 Å². The number of hydrogen-bond donors (Lipinski definition) is 1. The molecule has 0 saturated carbocycles. The van der Waals surface area contributed by atoms with Crippen LogP contribution in [0, 0.1) is 0 Å². The number of nitrogens with two attached hydrogens (primary N) is 1. The first-order chi connectivity index (χ1) is 8.76. The lowest BCUT2D eigenvalue weighted by Gasteiger charge is -2.05. The van der Waals surface area contributed by atoms with Crippen molar-refractivity contribution in [1.82, 2.24) is 15.0 Å². The second-order valence-electron chi connectivity index (χ2n) is 3.92. The van der Waals surface area contributed by atoms with Gasteiger partial charge in [-0.05, 0) is 23.8 Å². The van der Waals surface area contributed by atoms with Gasteiger partial charge >= 0.3 is 6.01 Å². The van der Waals surface area contributed by atoms with Gasteiger partial charge in [0.2, 0.25) is 5.95 Å². The van der Waals surface area contributed by atoms with Crippen molar-refractivity contribution in [3.63, 3.8) is 0 Å². The van der Waals surface area contributed by atoms with Gasteiger partial charge < -0.3 is 15.2 Å². The predicted molar refractivity (Wildman–Crippen MR) is 65.4 cm³/mol. The largest absolute Gasteiger partial charge is 0.493 e. The van der Waals surface area contributed by atoms with Gasteiger partial charge in [0.25, 0.3) is 0 Å². The van der Waals surface area contributed by atoms with Gasteiger partial charge in [0, 0.05) is 12.0 Å². The highest BCUT2D eigenvalue weighted by atomic mass is 16.5. The molecule has 6 nitrogen and oxygen atoms in total. The van der Waals surface area contributed by atoms with Crippen LogP contribution >= 0.6 is 0 Å². The van der Waals surface area contributed by atoms with E-state index < -0.39 is 0 Å². The summed E-state index contributed by atoms with van der Waals surface area (Å²) in [6, 6.07) is 6.05. The van der Waals surface area contributed by atoms with Gasteiger partial charge in [-0.1, -0.05) is 0 Å².